The lowest BCUT2D eigenvalue weighted by atomic mass is 10.1. The maximum absolute atomic E-state index is 12.5. The highest BCUT2D eigenvalue weighted by Crippen LogP contribution is 2.37. The van der Waals surface area contributed by atoms with Gasteiger partial charge in [-0.05, 0) is 97.7 Å². The van der Waals surface area contributed by atoms with Gasteiger partial charge in [0.05, 0.1) is 21.7 Å². The van der Waals surface area contributed by atoms with Gasteiger partial charge in [0.25, 0.3) is 11.8 Å². The van der Waals surface area contributed by atoms with E-state index in [1.54, 1.807) is 24.3 Å². The van der Waals surface area contributed by atoms with Crippen LogP contribution in [0.2, 0.25) is 5.02 Å². The molecule has 0 aliphatic heterocycles. The molecule has 3 N–H and O–H groups in total. The molecule has 196 valence electrons. The molecule has 0 bridgehead atoms. The molecule has 0 radical (unpaired) electrons. The maximum Gasteiger partial charge on any atom is 0.258 e. The minimum Gasteiger partial charge on any atom is -0.490 e. The van der Waals surface area contributed by atoms with Crippen molar-refractivity contribution >= 4 is 50.7 Å². The molecule has 3 aromatic carbocycles. The van der Waals surface area contributed by atoms with Crippen LogP contribution in [0.3, 0.4) is 0 Å². The monoisotopic (exact) mass is 587 g/mol. The van der Waals surface area contributed by atoms with Crippen LogP contribution in [0.15, 0.2) is 65.1 Å². The second-order valence-corrected chi connectivity index (χ2v) is 10.6. The number of carbonyl (C=O) groups is 2. The highest BCUT2D eigenvalue weighted by Gasteiger charge is 2.17. The molecule has 0 saturated heterocycles. The minimum absolute atomic E-state index is 0.118. The predicted octanol–water partition coefficient (Wildman–Crippen LogP) is 6.66. The highest BCUT2D eigenvalue weighted by atomic mass is 79.9. The Labute approximate surface area is 231 Å². The summed E-state index contributed by atoms with van der Waals surface area (Å²) in [6.45, 7) is 8.49. The van der Waals surface area contributed by atoms with Gasteiger partial charge in [0, 0.05) is 23.5 Å². The maximum atomic E-state index is 12.5. The van der Waals surface area contributed by atoms with Crippen molar-refractivity contribution in [3.8, 4) is 11.5 Å². The van der Waals surface area contributed by atoms with Gasteiger partial charge in [-0.15, -0.1) is 0 Å². The molecule has 9 heteroatoms. The van der Waals surface area contributed by atoms with Crippen molar-refractivity contribution in [2.24, 2.45) is 0 Å². The third-order valence-corrected chi connectivity index (χ3v) is 5.91. The Bertz CT molecular complexity index is 1240. The van der Waals surface area contributed by atoms with Gasteiger partial charge < -0.3 is 25.4 Å². The summed E-state index contributed by atoms with van der Waals surface area (Å²) in [5.74, 6) is 0.556. The summed E-state index contributed by atoms with van der Waals surface area (Å²) < 4.78 is 12.3. The number of rotatable bonds is 10. The van der Waals surface area contributed by atoms with E-state index in [0.29, 0.717) is 45.4 Å². The Morgan fingerprint density at radius 3 is 2.30 bits per heavy atom. The average Bonchev–Trinajstić information content (AvgIpc) is 2.82. The van der Waals surface area contributed by atoms with Crippen molar-refractivity contribution < 1.29 is 19.1 Å². The van der Waals surface area contributed by atoms with E-state index in [0.717, 1.165) is 11.3 Å². The fourth-order valence-electron chi connectivity index (χ4n) is 3.44. The Morgan fingerprint density at radius 2 is 1.65 bits per heavy atom. The molecule has 0 fully saturated rings. The fraction of sp³-hybridized carbons (Fsp3) is 0.286. The third kappa shape index (κ3) is 8.68. The zero-order chi connectivity index (χ0) is 27.0. The summed E-state index contributed by atoms with van der Waals surface area (Å²) in [6, 6.07) is 18.1. The lowest BCUT2D eigenvalue weighted by Gasteiger charge is -2.21. The molecule has 0 spiro atoms. The zero-order valence-corrected chi connectivity index (χ0v) is 23.6. The molecule has 0 unspecified atom stereocenters. The molecule has 3 rings (SSSR count). The molecule has 0 saturated carbocycles. The largest absolute Gasteiger partial charge is 0.490 e. The molecule has 2 amide bonds. The Morgan fingerprint density at radius 1 is 0.973 bits per heavy atom. The number of nitrogens with one attached hydrogen (secondary N) is 3. The number of ether oxygens (including phenoxy) is 2. The van der Waals surface area contributed by atoms with E-state index in [1.807, 2.05) is 64.1 Å². The average molecular weight is 589 g/mol. The molecule has 7 nitrogen and oxygen atoms in total. The van der Waals surface area contributed by atoms with Gasteiger partial charge in [0.2, 0.25) is 0 Å². The fourth-order valence-corrected chi connectivity index (χ4v) is 4.26. The van der Waals surface area contributed by atoms with Crippen molar-refractivity contribution in [3.63, 3.8) is 0 Å². The molecular weight excluding hydrogens is 558 g/mol. The second kappa shape index (κ2) is 12.8. The first-order chi connectivity index (χ1) is 17.6. The molecule has 0 atom stereocenters. The second-order valence-electron chi connectivity index (χ2n) is 9.29. The topological polar surface area (TPSA) is 88.7 Å². The van der Waals surface area contributed by atoms with Crippen LogP contribution in [0, 0.1) is 0 Å². The van der Waals surface area contributed by atoms with Crippen LogP contribution < -0.4 is 25.4 Å². The summed E-state index contributed by atoms with van der Waals surface area (Å²) in [5, 5.41) is 9.49. The van der Waals surface area contributed by atoms with Crippen LogP contribution >= 0.6 is 27.5 Å². The number of hydrogen-bond acceptors (Lipinski definition) is 5. The van der Waals surface area contributed by atoms with E-state index >= 15 is 0 Å². The summed E-state index contributed by atoms with van der Waals surface area (Å²) >= 11 is 9.66. The highest BCUT2D eigenvalue weighted by molar-refractivity contribution is 9.10. The van der Waals surface area contributed by atoms with E-state index in [4.69, 9.17) is 21.1 Å². The van der Waals surface area contributed by atoms with Crippen LogP contribution in [-0.4, -0.2) is 30.6 Å². The van der Waals surface area contributed by atoms with Crippen molar-refractivity contribution in [2.75, 3.05) is 23.8 Å². The number of carbonyl (C=O) groups excluding carboxylic acids is 2. The first-order valence-corrected chi connectivity index (χ1v) is 13.0. The Balaban J connectivity index is 1.62. The van der Waals surface area contributed by atoms with Crippen LogP contribution in [0.4, 0.5) is 11.4 Å². The van der Waals surface area contributed by atoms with Crippen molar-refractivity contribution in [2.45, 2.75) is 39.8 Å². The van der Waals surface area contributed by atoms with E-state index in [-0.39, 0.29) is 24.0 Å². The predicted molar refractivity (Wildman–Crippen MR) is 152 cm³/mol. The normalized spacial score (nSPS) is 11.0. The lowest BCUT2D eigenvalue weighted by molar-refractivity contribution is -0.124. The standard InChI is InChI=1S/C28H31BrClN3O4/c1-5-36-24-15-18(14-22(29)26(24)37-17-25(34)33-28(2,3)4)16-31-19-10-12-20(13-11-19)32-27(35)21-8-6-7-9-23(21)30/h6-15,31H,5,16-17H2,1-4H3,(H,32,35)(H,33,34). The summed E-state index contributed by atoms with van der Waals surface area (Å²) in [4.78, 5) is 24.6. The molecule has 3 aromatic rings. The molecule has 0 aliphatic rings. The number of anilines is 2. The van der Waals surface area contributed by atoms with Crippen molar-refractivity contribution in [1.29, 1.82) is 0 Å². The summed E-state index contributed by atoms with van der Waals surface area (Å²) in [6.07, 6.45) is 0. The lowest BCUT2D eigenvalue weighted by Crippen LogP contribution is -2.43. The van der Waals surface area contributed by atoms with Gasteiger partial charge in [0.1, 0.15) is 0 Å². The van der Waals surface area contributed by atoms with Gasteiger partial charge in [-0.25, -0.2) is 0 Å². The quantitative estimate of drug-likeness (QED) is 0.247. The van der Waals surface area contributed by atoms with Gasteiger partial charge in [0.15, 0.2) is 18.1 Å². The molecule has 0 aromatic heterocycles. The number of hydrogen-bond donors (Lipinski definition) is 3. The number of amides is 2. The summed E-state index contributed by atoms with van der Waals surface area (Å²) in [7, 11) is 0. The van der Waals surface area contributed by atoms with Crippen LogP contribution in [0.5, 0.6) is 11.5 Å². The van der Waals surface area contributed by atoms with E-state index < -0.39 is 0 Å². The molecule has 37 heavy (non-hydrogen) atoms. The molecule has 0 heterocycles. The molecular formula is C28H31BrClN3O4. The third-order valence-electron chi connectivity index (χ3n) is 4.99. The minimum atomic E-state index is -0.338. The Hall–Kier alpha value is -3.23. The Kier molecular flexibility index (Phi) is 9.83. The first kappa shape index (κ1) is 28.3. The SMILES string of the molecule is CCOc1cc(CNc2ccc(NC(=O)c3ccccc3Cl)cc2)cc(Br)c1OCC(=O)NC(C)(C)C. The van der Waals surface area contributed by atoms with Gasteiger partial charge in [-0.1, -0.05) is 23.7 Å². The van der Waals surface area contributed by atoms with Crippen molar-refractivity contribution in [1.82, 2.24) is 5.32 Å². The van der Waals surface area contributed by atoms with Crippen LogP contribution in [0.1, 0.15) is 43.6 Å². The van der Waals surface area contributed by atoms with E-state index in [2.05, 4.69) is 31.9 Å². The number of benzene rings is 3. The van der Waals surface area contributed by atoms with E-state index in [1.165, 1.54) is 0 Å². The van der Waals surface area contributed by atoms with Crippen LogP contribution in [-0.2, 0) is 11.3 Å². The first-order valence-electron chi connectivity index (χ1n) is 11.8. The number of halogens is 2. The van der Waals surface area contributed by atoms with Crippen LogP contribution in [0.25, 0.3) is 0 Å². The smallest absolute Gasteiger partial charge is 0.258 e. The van der Waals surface area contributed by atoms with Crippen molar-refractivity contribution in [3.05, 3.63) is 81.3 Å². The van der Waals surface area contributed by atoms with E-state index in [9.17, 15) is 9.59 Å². The van der Waals surface area contributed by atoms with Gasteiger partial charge >= 0.3 is 0 Å². The van der Waals surface area contributed by atoms with Gasteiger partial charge in [-0.2, -0.15) is 0 Å². The molecule has 0 aliphatic carbocycles. The zero-order valence-electron chi connectivity index (χ0n) is 21.3. The van der Waals surface area contributed by atoms with Gasteiger partial charge in [-0.3, -0.25) is 9.59 Å². The summed E-state index contributed by atoms with van der Waals surface area (Å²) in [5.41, 5.74) is 2.58.